The minimum atomic E-state index is 1.01. The zero-order valence-corrected chi connectivity index (χ0v) is 15.3. The number of rotatable bonds is 4. The third-order valence-electron chi connectivity index (χ3n) is 5.16. The standard InChI is InChI=1S/C23H25N2/c1-17-14-18(2)23(19(3)15-17)25-13-12-24(16-25)11-10-21-9-8-20-6-4-5-7-22(20)21/h4-7,9,12-16H,8,10-11H2,1-3H3/q+1. The van der Waals surface area contributed by atoms with Crippen LogP contribution in [0.1, 0.15) is 34.2 Å². The second-order valence-electron chi connectivity index (χ2n) is 7.15. The first-order valence-electron chi connectivity index (χ1n) is 9.04. The summed E-state index contributed by atoms with van der Waals surface area (Å²) in [6.07, 6.45) is 11.1. The average molecular weight is 329 g/mol. The Morgan fingerprint density at radius 2 is 1.80 bits per heavy atom. The van der Waals surface area contributed by atoms with Gasteiger partial charge in [-0.2, -0.15) is 0 Å². The van der Waals surface area contributed by atoms with Gasteiger partial charge in [-0.1, -0.05) is 48.0 Å². The van der Waals surface area contributed by atoms with Crippen molar-refractivity contribution in [1.82, 2.24) is 4.57 Å². The van der Waals surface area contributed by atoms with E-state index in [2.05, 4.69) is 91.1 Å². The van der Waals surface area contributed by atoms with Gasteiger partial charge in [-0.15, -0.1) is 0 Å². The highest BCUT2D eigenvalue weighted by atomic mass is 15.1. The molecule has 0 spiro atoms. The van der Waals surface area contributed by atoms with Gasteiger partial charge in [0.1, 0.15) is 18.1 Å². The van der Waals surface area contributed by atoms with Crippen molar-refractivity contribution in [3.05, 3.63) is 89.0 Å². The molecule has 3 aromatic rings. The molecule has 126 valence electrons. The third kappa shape index (κ3) is 3.05. The van der Waals surface area contributed by atoms with Gasteiger partial charge in [-0.3, -0.25) is 0 Å². The van der Waals surface area contributed by atoms with E-state index >= 15 is 0 Å². The van der Waals surface area contributed by atoms with Crippen molar-refractivity contribution < 1.29 is 4.57 Å². The van der Waals surface area contributed by atoms with Crippen LogP contribution in [0.4, 0.5) is 0 Å². The molecule has 0 aliphatic heterocycles. The summed E-state index contributed by atoms with van der Waals surface area (Å²) in [4.78, 5) is 0. The van der Waals surface area contributed by atoms with Crippen molar-refractivity contribution in [3.8, 4) is 5.69 Å². The minimum absolute atomic E-state index is 1.01. The zero-order chi connectivity index (χ0) is 17.4. The SMILES string of the molecule is Cc1cc(C)c(-n2cc[n+](CCC3=CCc4ccccc43)c2)c(C)c1. The van der Waals surface area contributed by atoms with Crippen LogP contribution in [0.25, 0.3) is 11.3 Å². The largest absolute Gasteiger partial charge is 0.249 e. The van der Waals surface area contributed by atoms with E-state index in [0.29, 0.717) is 0 Å². The van der Waals surface area contributed by atoms with E-state index < -0.39 is 0 Å². The molecule has 2 heteroatoms. The number of fused-ring (bicyclic) bond motifs is 1. The lowest BCUT2D eigenvalue weighted by molar-refractivity contribution is -0.695. The normalized spacial score (nSPS) is 13.0. The van der Waals surface area contributed by atoms with Crippen LogP contribution in [-0.4, -0.2) is 4.57 Å². The lowest BCUT2D eigenvalue weighted by Gasteiger charge is -2.07. The molecule has 0 atom stereocenters. The van der Waals surface area contributed by atoms with Crippen molar-refractivity contribution in [2.45, 2.75) is 40.2 Å². The van der Waals surface area contributed by atoms with Crippen molar-refractivity contribution in [1.29, 1.82) is 0 Å². The summed E-state index contributed by atoms with van der Waals surface area (Å²) in [5.74, 6) is 0. The Labute approximate surface area is 150 Å². The van der Waals surface area contributed by atoms with Crippen molar-refractivity contribution >= 4 is 5.57 Å². The number of imidazole rings is 1. The number of aryl methyl sites for hydroxylation is 4. The number of hydrogen-bond acceptors (Lipinski definition) is 0. The molecule has 2 nitrogen and oxygen atoms in total. The van der Waals surface area contributed by atoms with E-state index in [-0.39, 0.29) is 0 Å². The molecule has 1 heterocycles. The van der Waals surface area contributed by atoms with Crippen LogP contribution < -0.4 is 4.57 Å². The van der Waals surface area contributed by atoms with Crippen LogP contribution in [0.5, 0.6) is 0 Å². The molecule has 1 aliphatic rings. The van der Waals surface area contributed by atoms with Crippen molar-refractivity contribution in [3.63, 3.8) is 0 Å². The summed E-state index contributed by atoms with van der Waals surface area (Å²) < 4.78 is 4.54. The first-order valence-corrected chi connectivity index (χ1v) is 9.04. The Balaban J connectivity index is 1.52. The molecule has 1 aromatic heterocycles. The molecule has 0 amide bonds. The molecule has 1 aliphatic carbocycles. The number of aromatic nitrogens is 2. The molecular weight excluding hydrogens is 304 g/mol. The Morgan fingerprint density at radius 1 is 1.04 bits per heavy atom. The topological polar surface area (TPSA) is 8.81 Å². The van der Waals surface area contributed by atoms with Crippen LogP contribution >= 0.6 is 0 Å². The predicted molar refractivity (Wildman–Crippen MR) is 103 cm³/mol. The fourth-order valence-corrected chi connectivity index (χ4v) is 4.08. The van der Waals surface area contributed by atoms with Gasteiger partial charge < -0.3 is 0 Å². The van der Waals surface area contributed by atoms with E-state index in [9.17, 15) is 0 Å². The Kier molecular flexibility index (Phi) is 4.04. The summed E-state index contributed by atoms with van der Waals surface area (Å²) in [6.45, 7) is 7.56. The quantitative estimate of drug-likeness (QED) is 0.613. The average Bonchev–Trinajstić information content (AvgIpc) is 3.19. The highest BCUT2D eigenvalue weighted by Crippen LogP contribution is 2.29. The summed E-state index contributed by atoms with van der Waals surface area (Å²) in [5.41, 5.74) is 9.66. The van der Waals surface area contributed by atoms with E-state index in [0.717, 1.165) is 19.4 Å². The predicted octanol–water partition coefficient (Wildman–Crippen LogP) is 4.72. The van der Waals surface area contributed by atoms with Gasteiger partial charge in [-0.05, 0) is 55.0 Å². The summed E-state index contributed by atoms with van der Waals surface area (Å²) in [7, 11) is 0. The Hall–Kier alpha value is -2.61. The summed E-state index contributed by atoms with van der Waals surface area (Å²) in [6, 6.07) is 13.3. The second-order valence-corrected chi connectivity index (χ2v) is 7.15. The van der Waals surface area contributed by atoms with Gasteiger partial charge in [0.2, 0.25) is 6.33 Å². The van der Waals surface area contributed by atoms with Gasteiger partial charge in [-0.25, -0.2) is 9.13 Å². The van der Waals surface area contributed by atoms with E-state index in [4.69, 9.17) is 0 Å². The monoisotopic (exact) mass is 329 g/mol. The molecule has 25 heavy (non-hydrogen) atoms. The Morgan fingerprint density at radius 3 is 2.60 bits per heavy atom. The zero-order valence-electron chi connectivity index (χ0n) is 15.3. The summed E-state index contributed by atoms with van der Waals surface area (Å²) >= 11 is 0. The fourth-order valence-electron chi connectivity index (χ4n) is 4.08. The second kappa shape index (κ2) is 6.36. The molecular formula is C23H25N2+. The maximum Gasteiger partial charge on any atom is 0.249 e. The van der Waals surface area contributed by atoms with Gasteiger partial charge in [0.05, 0.1) is 6.54 Å². The van der Waals surface area contributed by atoms with Crippen LogP contribution in [0.2, 0.25) is 0 Å². The first kappa shape index (κ1) is 15.9. The van der Waals surface area contributed by atoms with Gasteiger partial charge in [0.15, 0.2) is 0 Å². The van der Waals surface area contributed by atoms with Crippen molar-refractivity contribution in [2.75, 3.05) is 0 Å². The number of benzene rings is 2. The molecule has 0 bridgehead atoms. The minimum Gasteiger partial charge on any atom is -0.236 e. The lowest BCUT2D eigenvalue weighted by Crippen LogP contribution is -2.31. The number of hydrogen-bond donors (Lipinski definition) is 0. The van der Waals surface area contributed by atoms with Gasteiger partial charge in [0, 0.05) is 6.42 Å². The molecule has 0 radical (unpaired) electrons. The first-order chi connectivity index (χ1) is 12.1. The van der Waals surface area contributed by atoms with Crippen molar-refractivity contribution in [2.24, 2.45) is 0 Å². The molecule has 0 unspecified atom stereocenters. The van der Waals surface area contributed by atoms with E-state index in [1.165, 1.54) is 39.1 Å². The lowest BCUT2D eigenvalue weighted by atomic mass is 10.0. The van der Waals surface area contributed by atoms with E-state index in [1.807, 2.05) is 0 Å². The number of allylic oxidation sites excluding steroid dienone is 2. The smallest absolute Gasteiger partial charge is 0.236 e. The van der Waals surface area contributed by atoms with E-state index in [1.54, 1.807) is 0 Å². The van der Waals surface area contributed by atoms with Crippen LogP contribution in [0.3, 0.4) is 0 Å². The molecule has 2 aromatic carbocycles. The molecule has 0 fully saturated rings. The van der Waals surface area contributed by atoms with Crippen LogP contribution in [0, 0.1) is 20.8 Å². The maximum absolute atomic E-state index is 2.39. The molecule has 0 N–H and O–H groups in total. The highest BCUT2D eigenvalue weighted by Gasteiger charge is 2.16. The fraction of sp³-hybridized carbons (Fsp3) is 0.261. The highest BCUT2D eigenvalue weighted by molar-refractivity contribution is 5.72. The molecule has 4 rings (SSSR count). The number of nitrogens with zero attached hydrogens (tertiary/aromatic N) is 2. The summed E-state index contributed by atoms with van der Waals surface area (Å²) in [5, 5.41) is 0. The maximum atomic E-state index is 2.39. The van der Waals surface area contributed by atoms with Crippen LogP contribution in [0.15, 0.2) is 61.2 Å². The third-order valence-corrected chi connectivity index (χ3v) is 5.16. The van der Waals surface area contributed by atoms with Gasteiger partial charge in [0.25, 0.3) is 0 Å². The van der Waals surface area contributed by atoms with Crippen LogP contribution in [-0.2, 0) is 13.0 Å². The molecule has 0 saturated heterocycles. The van der Waals surface area contributed by atoms with Gasteiger partial charge >= 0.3 is 0 Å². The molecule has 0 saturated carbocycles. The Bertz CT molecular complexity index is 937.